The van der Waals surface area contributed by atoms with Gasteiger partial charge in [0, 0.05) is 23.3 Å². The molecule has 0 bridgehead atoms. The number of hydrogen-bond donors (Lipinski definition) is 1. The molecule has 0 unspecified atom stereocenters. The SMILES string of the molecule is CCCNC(=O)COc1c(F)cc(F)cc1S(=O)(=O)Cl. The highest BCUT2D eigenvalue weighted by Crippen LogP contribution is 2.30. The number of carbonyl (C=O) groups excluding carboxylic acids is 1. The summed E-state index contributed by atoms with van der Waals surface area (Å²) in [5.74, 6) is -3.72. The van der Waals surface area contributed by atoms with Crippen LogP contribution in [0.1, 0.15) is 13.3 Å². The molecule has 1 amide bonds. The lowest BCUT2D eigenvalue weighted by Crippen LogP contribution is -2.29. The molecule has 112 valence electrons. The number of carbonyl (C=O) groups is 1. The molecule has 0 aliphatic rings. The Morgan fingerprint density at radius 3 is 2.60 bits per heavy atom. The van der Waals surface area contributed by atoms with E-state index in [2.05, 4.69) is 5.32 Å². The molecule has 0 aromatic heterocycles. The highest BCUT2D eigenvalue weighted by molar-refractivity contribution is 8.13. The van der Waals surface area contributed by atoms with Crippen molar-refractivity contribution in [2.75, 3.05) is 13.2 Å². The van der Waals surface area contributed by atoms with Crippen LogP contribution < -0.4 is 10.1 Å². The van der Waals surface area contributed by atoms with E-state index in [1.807, 2.05) is 6.92 Å². The lowest BCUT2D eigenvalue weighted by atomic mass is 10.3. The minimum atomic E-state index is -4.41. The summed E-state index contributed by atoms with van der Waals surface area (Å²) < 4.78 is 53.8. The molecular weight excluding hydrogens is 316 g/mol. The molecule has 0 radical (unpaired) electrons. The molecule has 0 saturated carbocycles. The summed E-state index contributed by atoms with van der Waals surface area (Å²) in [5.41, 5.74) is 0. The molecule has 0 aliphatic heterocycles. The number of amides is 1. The molecule has 1 aromatic carbocycles. The molecule has 0 fully saturated rings. The summed E-state index contributed by atoms with van der Waals surface area (Å²) in [6, 6.07) is 0.954. The summed E-state index contributed by atoms with van der Waals surface area (Å²) in [6.45, 7) is 1.62. The van der Waals surface area contributed by atoms with Crippen molar-refractivity contribution in [3.8, 4) is 5.75 Å². The first-order valence-corrected chi connectivity index (χ1v) is 7.89. The Balaban J connectivity index is 2.97. The average Bonchev–Trinajstić information content (AvgIpc) is 2.33. The van der Waals surface area contributed by atoms with Gasteiger partial charge < -0.3 is 10.1 Å². The fraction of sp³-hybridized carbons (Fsp3) is 0.364. The van der Waals surface area contributed by atoms with Gasteiger partial charge in [0.2, 0.25) is 0 Å². The van der Waals surface area contributed by atoms with Crippen LogP contribution in [0.15, 0.2) is 17.0 Å². The first kappa shape index (κ1) is 16.6. The van der Waals surface area contributed by atoms with Gasteiger partial charge in [0.15, 0.2) is 18.2 Å². The molecule has 1 N–H and O–H groups in total. The van der Waals surface area contributed by atoms with Gasteiger partial charge in [-0.2, -0.15) is 0 Å². The molecule has 0 saturated heterocycles. The van der Waals surface area contributed by atoms with Crippen molar-refractivity contribution in [1.29, 1.82) is 0 Å². The second kappa shape index (κ2) is 6.85. The van der Waals surface area contributed by atoms with Gasteiger partial charge in [-0.25, -0.2) is 17.2 Å². The van der Waals surface area contributed by atoms with Gasteiger partial charge in [-0.15, -0.1) is 0 Å². The predicted octanol–water partition coefficient (Wildman–Crippen LogP) is 1.80. The molecular formula is C11H12ClF2NO4S. The Labute approximate surface area is 119 Å². The van der Waals surface area contributed by atoms with E-state index in [1.54, 1.807) is 0 Å². The van der Waals surface area contributed by atoms with Crippen molar-refractivity contribution in [3.63, 3.8) is 0 Å². The maximum absolute atomic E-state index is 13.5. The fourth-order valence-electron chi connectivity index (χ4n) is 1.31. The summed E-state index contributed by atoms with van der Waals surface area (Å²) in [6.07, 6.45) is 0.692. The lowest BCUT2D eigenvalue weighted by Gasteiger charge is -2.10. The summed E-state index contributed by atoms with van der Waals surface area (Å²) >= 11 is 0. The summed E-state index contributed by atoms with van der Waals surface area (Å²) in [5, 5.41) is 2.45. The normalized spacial score (nSPS) is 11.2. The highest BCUT2D eigenvalue weighted by atomic mass is 35.7. The monoisotopic (exact) mass is 327 g/mol. The summed E-state index contributed by atoms with van der Waals surface area (Å²) in [4.78, 5) is 10.4. The quantitative estimate of drug-likeness (QED) is 0.809. The molecule has 0 spiro atoms. The number of hydrogen-bond acceptors (Lipinski definition) is 4. The first-order chi connectivity index (χ1) is 9.25. The van der Waals surface area contributed by atoms with E-state index in [4.69, 9.17) is 15.4 Å². The minimum Gasteiger partial charge on any atom is -0.479 e. The van der Waals surface area contributed by atoms with E-state index in [0.29, 0.717) is 25.1 Å². The van der Waals surface area contributed by atoms with Crippen LogP contribution in [0, 0.1) is 11.6 Å². The Morgan fingerprint density at radius 1 is 1.40 bits per heavy atom. The van der Waals surface area contributed by atoms with Crippen LogP contribution in [0.5, 0.6) is 5.75 Å². The molecule has 1 aromatic rings. The zero-order chi connectivity index (χ0) is 15.3. The third-order valence-electron chi connectivity index (χ3n) is 2.16. The fourth-order valence-corrected chi connectivity index (χ4v) is 2.29. The molecule has 0 heterocycles. The molecule has 9 heteroatoms. The first-order valence-electron chi connectivity index (χ1n) is 5.59. The molecule has 0 atom stereocenters. The van der Waals surface area contributed by atoms with E-state index < -0.39 is 43.8 Å². The predicted molar refractivity (Wildman–Crippen MR) is 68.2 cm³/mol. The van der Waals surface area contributed by atoms with Crippen LogP contribution >= 0.6 is 10.7 Å². The molecule has 5 nitrogen and oxygen atoms in total. The maximum Gasteiger partial charge on any atom is 0.265 e. The standard InChI is InChI=1S/C11H12ClF2NO4S/c1-2-3-15-10(16)6-19-11-8(14)4-7(13)5-9(11)20(12,17)18/h4-5H,2-3,6H2,1H3,(H,15,16). The number of rotatable bonds is 6. The zero-order valence-corrected chi connectivity index (χ0v) is 12.0. The van der Waals surface area contributed by atoms with Crippen LogP contribution in [0.4, 0.5) is 8.78 Å². The van der Waals surface area contributed by atoms with Gasteiger partial charge in [0.25, 0.3) is 15.0 Å². The highest BCUT2D eigenvalue weighted by Gasteiger charge is 2.23. The van der Waals surface area contributed by atoms with Crippen molar-refractivity contribution >= 4 is 25.6 Å². The number of halogens is 3. The van der Waals surface area contributed by atoms with Crippen molar-refractivity contribution in [3.05, 3.63) is 23.8 Å². The van der Waals surface area contributed by atoms with Gasteiger partial charge in [0.05, 0.1) is 0 Å². The van der Waals surface area contributed by atoms with Crippen LogP contribution in [0.2, 0.25) is 0 Å². The zero-order valence-electron chi connectivity index (χ0n) is 10.5. The van der Waals surface area contributed by atoms with Crippen molar-refractivity contribution < 1.29 is 26.7 Å². The van der Waals surface area contributed by atoms with Crippen LogP contribution in [-0.2, 0) is 13.8 Å². The molecule has 20 heavy (non-hydrogen) atoms. The Morgan fingerprint density at radius 2 is 2.05 bits per heavy atom. The van der Waals surface area contributed by atoms with E-state index in [9.17, 15) is 22.0 Å². The van der Waals surface area contributed by atoms with Crippen molar-refractivity contribution in [1.82, 2.24) is 5.32 Å². The van der Waals surface area contributed by atoms with Gasteiger partial charge in [-0.1, -0.05) is 6.92 Å². The van der Waals surface area contributed by atoms with Crippen molar-refractivity contribution in [2.45, 2.75) is 18.2 Å². The van der Waals surface area contributed by atoms with Gasteiger partial charge in [0.1, 0.15) is 10.7 Å². The van der Waals surface area contributed by atoms with Crippen LogP contribution in [-0.4, -0.2) is 27.5 Å². The second-order valence-electron chi connectivity index (χ2n) is 3.79. The second-order valence-corrected chi connectivity index (χ2v) is 6.33. The number of nitrogens with one attached hydrogen (secondary N) is 1. The number of benzene rings is 1. The van der Waals surface area contributed by atoms with Crippen LogP contribution in [0.25, 0.3) is 0 Å². The van der Waals surface area contributed by atoms with Crippen molar-refractivity contribution in [2.24, 2.45) is 0 Å². The van der Waals surface area contributed by atoms with Gasteiger partial charge in [-0.05, 0) is 12.5 Å². The average molecular weight is 328 g/mol. The largest absolute Gasteiger partial charge is 0.479 e. The van der Waals surface area contributed by atoms with Crippen LogP contribution in [0.3, 0.4) is 0 Å². The van der Waals surface area contributed by atoms with E-state index in [0.717, 1.165) is 0 Å². The Hall–Kier alpha value is -1.41. The van der Waals surface area contributed by atoms with E-state index >= 15 is 0 Å². The Bertz CT molecular complexity index is 607. The van der Waals surface area contributed by atoms with E-state index in [-0.39, 0.29) is 0 Å². The number of ether oxygens (including phenoxy) is 1. The molecule has 0 aliphatic carbocycles. The Kier molecular flexibility index (Phi) is 5.70. The van der Waals surface area contributed by atoms with E-state index in [1.165, 1.54) is 0 Å². The summed E-state index contributed by atoms with van der Waals surface area (Å²) in [7, 11) is 0.657. The topological polar surface area (TPSA) is 72.5 Å². The third-order valence-corrected chi connectivity index (χ3v) is 3.48. The lowest BCUT2D eigenvalue weighted by molar-refractivity contribution is -0.123. The molecule has 1 rings (SSSR count). The van der Waals surface area contributed by atoms with Gasteiger partial charge >= 0.3 is 0 Å². The smallest absolute Gasteiger partial charge is 0.265 e. The maximum atomic E-state index is 13.5. The minimum absolute atomic E-state index is 0.398. The third kappa shape index (κ3) is 4.61. The van der Waals surface area contributed by atoms with Gasteiger partial charge in [-0.3, -0.25) is 4.79 Å².